The van der Waals surface area contributed by atoms with Crippen LogP contribution in [0.15, 0.2) is 54.9 Å². The van der Waals surface area contributed by atoms with Crippen molar-refractivity contribution < 1.29 is 4.57 Å². The van der Waals surface area contributed by atoms with E-state index < -0.39 is 0 Å². The van der Waals surface area contributed by atoms with Gasteiger partial charge in [-0.3, -0.25) is 0 Å². The minimum absolute atomic E-state index is 0.0619. The highest BCUT2D eigenvalue weighted by atomic mass is 15.2. The zero-order valence-electron chi connectivity index (χ0n) is 15.5. The fourth-order valence-electron chi connectivity index (χ4n) is 3.96. The molecule has 3 heteroatoms. The quantitative estimate of drug-likeness (QED) is 0.620. The third-order valence-corrected chi connectivity index (χ3v) is 5.49. The Kier molecular flexibility index (Phi) is 3.43. The van der Waals surface area contributed by atoms with Crippen molar-refractivity contribution >= 4 is 11.5 Å². The zero-order valence-corrected chi connectivity index (χ0v) is 15.5. The molecule has 0 amide bonds. The number of hydrogen-bond donors (Lipinski definition) is 0. The molecule has 0 saturated carbocycles. The van der Waals surface area contributed by atoms with E-state index in [1.54, 1.807) is 0 Å². The second-order valence-electron chi connectivity index (χ2n) is 7.44. The summed E-state index contributed by atoms with van der Waals surface area (Å²) in [5, 5.41) is 0. The lowest BCUT2D eigenvalue weighted by atomic mass is 9.74. The molecule has 4 rings (SSSR count). The Bertz CT molecular complexity index is 973. The van der Waals surface area contributed by atoms with Crippen LogP contribution in [0.5, 0.6) is 0 Å². The van der Waals surface area contributed by atoms with Gasteiger partial charge >= 0.3 is 0 Å². The number of rotatable bonds is 1. The maximum Gasteiger partial charge on any atom is 0.212 e. The first kappa shape index (κ1) is 15.8. The summed E-state index contributed by atoms with van der Waals surface area (Å²) in [6.45, 7) is 6.79. The van der Waals surface area contributed by atoms with Crippen LogP contribution in [-0.4, -0.2) is 12.0 Å². The van der Waals surface area contributed by atoms with Crippen LogP contribution in [-0.2, 0) is 12.5 Å². The summed E-state index contributed by atoms with van der Waals surface area (Å²) in [6.07, 6.45) is 3.97. The highest BCUT2D eigenvalue weighted by molar-refractivity contribution is 5.80. The third kappa shape index (κ3) is 2.26. The molecule has 0 bridgehead atoms. The van der Waals surface area contributed by atoms with E-state index in [0.29, 0.717) is 0 Å². The summed E-state index contributed by atoms with van der Waals surface area (Å²) in [6, 6.07) is 15.2. The molecule has 3 heterocycles. The standard InChI is InChI=1S/C22H24N3/c1-15-13-18-20(14-16(15)19-10-6-7-12-24(19)4)25(5)21-17(22(18,2)3)9-8-11-23-21/h6-14H,1-5H3/q+1. The van der Waals surface area contributed by atoms with Gasteiger partial charge in [-0.2, -0.15) is 0 Å². The van der Waals surface area contributed by atoms with Gasteiger partial charge in [0.15, 0.2) is 6.20 Å². The second kappa shape index (κ2) is 5.41. The number of anilines is 2. The molecular weight excluding hydrogens is 306 g/mol. The molecule has 0 aliphatic carbocycles. The SMILES string of the molecule is Cc1cc2c(cc1-c1cccc[n+]1C)N(C)c1ncccc1C2(C)C. The number of aryl methyl sites for hydroxylation is 2. The lowest BCUT2D eigenvalue weighted by molar-refractivity contribution is -0.660. The van der Waals surface area contributed by atoms with Crippen LogP contribution in [0.1, 0.15) is 30.5 Å². The average molecular weight is 330 g/mol. The van der Waals surface area contributed by atoms with Crippen LogP contribution >= 0.6 is 0 Å². The minimum atomic E-state index is -0.0619. The summed E-state index contributed by atoms with van der Waals surface area (Å²) >= 11 is 0. The molecule has 0 fully saturated rings. The summed E-state index contributed by atoms with van der Waals surface area (Å²) in [5.74, 6) is 1.05. The first-order chi connectivity index (χ1) is 11.9. The largest absolute Gasteiger partial charge is 0.329 e. The van der Waals surface area contributed by atoms with E-state index in [1.165, 1.54) is 33.6 Å². The fourth-order valence-corrected chi connectivity index (χ4v) is 3.96. The fraction of sp³-hybridized carbons (Fsp3) is 0.273. The average Bonchev–Trinajstić information content (AvgIpc) is 2.61. The van der Waals surface area contributed by atoms with E-state index >= 15 is 0 Å². The van der Waals surface area contributed by atoms with Crippen molar-refractivity contribution in [1.29, 1.82) is 0 Å². The maximum atomic E-state index is 4.66. The zero-order chi connectivity index (χ0) is 17.8. The van der Waals surface area contributed by atoms with Crippen LogP contribution in [0, 0.1) is 6.92 Å². The van der Waals surface area contributed by atoms with E-state index in [4.69, 9.17) is 0 Å². The van der Waals surface area contributed by atoms with Crippen molar-refractivity contribution in [3.05, 3.63) is 71.5 Å². The monoisotopic (exact) mass is 330 g/mol. The summed E-state index contributed by atoms with van der Waals surface area (Å²) < 4.78 is 2.18. The lowest BCUT2D eigenvalue weighted by Crippen LogP contribution is -2.33. The van der Waals surface area contributed by atoms with Crippen LogP contribution in [0.4, 0.5) is 11.5 Å². The number of benzene rings is 1. The summed E-state index contributed by atoms with van der Waals surface area (Å²) in [4.78, 5) is 6.88. The third-order valence-electron chi connectivity index (χ3n) is 5.49. The van der Waals surface area contributed by atoms with Crippen molar-refractivity contribution in [3.8, 4) is 11.3 Å². The van der Waals surface area contributed by atoms with E-state index in [-0.39, 0.29) is 5.41 Å². The van der Waals surface area contributed by atoms with Gasteiger partial charge in [0.2, 0.25) is 5.69 Å². The Morgan fingerprint density at radius 2 is 1.84 bits per heavy atom. The highest BCUT2D eigenvalue weighted by Crippen LogP contribution is 2.48. The van der Waals surface area contributed by atoms with Crippen LogP contribution in [0.25, 0.3) is 11.3 Å². The molecule has 1 aliphatic rings. The molecule has 2 aromatic heterocycles. The van der Waals surface area contributed by atoms with Crippen LogP contribution in [0.3, 0.4) is 0 Å². The summed E-state index contributed by atoms with van der Waals surface area (Å²) in [7, 11) is 4.21. The molecule has 126 valence electrons. The normalized spacial score (nSPS) is 14.8. The van der Waals surface area contributed by atoms with Gasteiger partial charge in [0.1, 0.15) is 12.9 Å². The van der Waals surface area contributed by atoms with Crippen molar-refractivity contribution in [2.75, 3.05) is 11.9 Å². The van der Waals surface area contributed by atoms with E-state index in [2.05, 4.69) is 91.9 Å². The summed E-state index contributed by atoms with van der Waals surface area (Å²) in [5.41, 5.74) is 7.60. The van der Waals surface area contributed by atoms with Gasteiger partial charge < -0.3 is 4.90 Å². The van der Waals surface area contributed by atoms with Crippen LogP contribution in [0.2, 0.25) is 0 Å². The van der Waals surface area contributed by atoms with Crippen molar-refractivity contribution in [3.63, 3.8) is 0 Å². The Morgan fingerprint density at radius 3 is 2.60 bits per heavy atom. The van der Waals surface area contributed by atoms with E-state index in [0.717, 1.165) is 5.82 Å². The van der Waals surface area contributed by atoms with Gasteiger partial charge in [0.05, 0.1) is 5.56 Å². The first-order valence-corrected chi connectivity index (χ1v) is 8.70. The van der Waals surface area contributed by atoms with E-state index in [9.17, 15) is 0 Å². The first-order valence-electron chi connectivity index (χ1n) is 8.70. The van der Waals surface area contributed by atoms with Crippen molar-refractivity contribution in [2.24, 2.45) is 7.05 Å². The van der Waals surface area contributed by atoms with Gasteiger partial charge in [-0.1, -0.05) is 26.0 Å². The number of pyridine rings is 2. The molecule has 0 spiro atoms. The Labute approximate surface area is 149 Å². The molecule has 1 aliphatic heterocycles. The van der Waals surface area contributed by atoms with Gasteiger partial charge in [-0.05, 0) is 36.2 Å². The topological polar surface area (TPSA) is 20.0 Å². The number of aromatic nitrogens is 2. The molecule has 25 heavy (non-hydrogen) atoms. The molecule has 0 unspecified atom stereocenters. The van der Waals surface area contributed by atoms with E-state index in [1.807, 2.05) is 12.3 Å². The predicted molar refractivity (Wildman–Crippen MR) is 102 cm³/mol. The molecule has 3 nitrogen and oxygen atoms in total. The van der Waals surface area contributed by atoms with Gasteiger partial charge in [-0.25, -0.2) is 9.55 Å². The number of hydrogen-bond acceptors (Lipinski definition) is 2. The van der Waals surface area contributed by atoms with Gasteiger partial charge in [0, 0.05) is 42.0 Å². The molecule has 3 aromatic rings. The Morgan fingerprint density at radius 1 is 1.04 bits per heavy atom. The van der Waals surface area contributed by atoms with Gasteiger partial charge in [0.25, 0.3) is 0 Å². The number of nitrogens with zero attached hydrogens (tertiary/aromatic N) is 3. The lowest BCUT2D eigenvalue weighted by Gasteiger charge is -2.39. The molecule has 1 aromatic carbocycles. The molecule has 0 atom stereocenters. The Balaban J connectivity index is 1.99. The van der Waals surface area contributed by atoms with Crippen molar-refractivity contribution in [1.82, 2.24) is 4.98 Å². The van der Waals surface area contributed by atoms with Crippen molar-refractivity contribution in [2.45, 2.75) is 26.2 Å². The highest BCUT2D eigenvalue weighted by Gasteiger charge is 2.36. The molecule has 0 saturated heterocycles. The molecular formula is C22H24N3+. The second-order valence-corrected chi connectivity index (χ2v) is 7.44. The molecule has 0 radical (unpaired) electrons. The predicted octanol–water partition coefficient (Wildman–Crippen LogP) is 4.29. The number of fused-ring (bicyclic) bond motifs is 2. The minimum Gasteiger partial charge on any atom is -0.329 e. The van der Waals surface area contributed by atoms with Crippen LogP contribution < -0.4 is 9.47 Å². The smallest absolute Gasteiger partial charge is 0.212 e. The maximum absolute atomic E-state index is 4.66. The van der Waals surface area contributed by atoms with Gasteiger partial charge in [-0.15, -0.1) is 0 Å². The molecule has 0 N–H and O–H groups in total. The Hall–Kier alpha value is -2.68.